The van der Waals surface area contributed by atoms with Gasteiger partial charge in [-0.3, -0.25) is 39.1 Å². The zero-order valence-corrected chi connectivity index (χ0v) is 36.4. The number of hydrogen-bond donors (Lipinski definition) is 3. The Kier molecular flexibility index (Phi) is 14.0. The van der Waals surface area contributed by atoms with Crippen LogP contribution in [0.25, 0.3) is 10.9 Å². The number of carbonyl (C=O) groups is 5. The minimum Gasteiger partial charge on any atom is -0.494 e. The van der Waals surface area contributed by atoms with Gasteiger partial charge in [0, 0.05) is 86.0 Å². The quantitative estimate of drug-likeness (QED) is 0.0800. The van der Waals surface area contributed by atoms with Crippen molar-refractivity contribution in [2.45, 2.75) is 63.6 Å². The molecule has 3 saturated heterocycles. The molecule has 3 aromatic carbocycles. The van der Waals surface area contributed by atoms with E-state index in [1.165, 1.54) is 36.5 Å². The maximum absolute atomic E-state index is 13.7. The number of piperazine rings is 1. The Morgan fingerprint density at radius 3 is 2.55 bits per heavy atom. The van der Waals surface area contributed by atoms with E-state index in [1.54, 1.807) is 30.3 Å². The average Bonchev–Trinajstić information content (AvgIpc) is 3.63. The minimum absolute atomic E-state index is 0.0222. The second-order valence-corrected chi connectivity index (χ2v) is 16.8. The van der Waals surface area contributed by atoms with Gasteiger partial charge < -0.3 is 29.9 Å². The van der Waals surface area contributed by atoms with Crippen molar-refractivity contribution in [3.63, 3.8) is 0 Å². The number of halogens is 2. The lowest BCUT2D eigenvalue weighted by Gasteiger charge is -2.42. The number of rotatable bonds is 15. The average molecular weight is 896 g/mol. The summed E-state index contributed by atoms with van der Waals surface area (Å²) in [4.78, 5) is 80.3. The second-order valence-electron chi connectivity index (χ2n) is 16.4. The Balaban J connectivity index is 0.727. The number of hydrogen-bond acceptors (Lipinski definition) is 12. The predicted molar refractivity (Wildman–Crippen MR) is 238 cm³/mol. The lowest BCUT2D eigenvalue weighted by molar-refractivity contribution is -0.137. The van der Waals surface area contributed by atoms with Crippen LogP contribution in [0.5, 0.6) is 11.5 Å². The van der Waals surface area contributed by atoms with Crippen LogP contribution in [0.4, 0.5) is 21.6 Å². The number of aromatic nitrogens is 2. The number of piperidine rings is 2. The molecule has 0 saturated carbocycles. The summed E-state index contributed by atoms with van der Waals surface area (Å²) < 4.78 is 25.4. The number of methoxy groups -OCH3 is 1. The molecule has 3 fully saturated rings. The fourth-order valence-electron chi connectivity index (χ4n) is 8.86. The van der Waals surface area contributed by atoms with E-state index < -0.39 is 17.8 Å². The number of benzene rings is 3. The van der Waals surface area contributed by atoms with E-state index >= 15 is 0 Å². The van der Waals surface area contributed by atoms with Crippen LogP contribution in [0.1, 0.15) is 60.9 Å². The van der Waals surface area contributed by atoms with E-state index in [0.717, 1.165) is 44.6 Å². The number of likely N-dealkylation sites (tertiary alicyclic amines) is 1. The predicted octanol–water partition coefficient (Wildman–Crippen LogP) is 5.29. The van der Waals surface area contributed by atoms with Crippen molar-refractivity contribution in [1.82, 2.24) is 34.9 Å². The maximum atomic E-state index is 13.7. The standard InChI is InChI=1S/C46H51ClFN9O7/c1-63-40-26-36-32(44(50-28-49-36)51-29-10-11-35(48)34(47)24-29)25-37(40)52-41(58)8-5-16-54-17-14-30(15-18-54)55-19-21-56(22-20-55)43(60)9-2-3-23-64-39-7-4-6-31-33(39)27-57(46(31)62)38-12-13-42(59)53-45(38)61/h4-8,10-11,24-26,28,30,38H,2-3,9,12-23,27H2,1H3,(H,52,58)(H,49,50,51)(H,53,59,61)/b8-5+. The van der Waals surface area contributed by atoms with E-state index in [2.05, 4.69) is 35.7 Å². The molecule has 5 amide bonds. The van der Waals surface area contributed by atoms with Crippen molar-refractivity contribution in [2.24, 2.45) is 0 Å². The Labute approximate surface area is 375 Å². The number of anilines is 3. The number of nitrogens with one attached hydrogen (secondary N) is 3. The maximum Gasteiger partial charge on any atom is 0.255 e. The Morgan fingerprint density at radius 2 is 1.78 bits per heavy atom. The first kappa shape index (κ1) is 44.4. The van der Waals surface area contributed by atoms with Crippen molar-refractivity contribution in [3.05, 3.63) is 89.0 Å². The molecule has 4 aliphatic rings. The summed E-state index contributed by atoms with van der Waals surface area (Å²) in [6.45, 7) is 6.21. The highest BCUT2D eigenvalue weighted by Gasteiger charge is 2.40. The Bertz CT molecular complexity index is 2460. The molecule has 64 heavy (non-hydrogen) atoms. The van der Waals surface area contributed by atoms with Gasteiger partial charge >= 0.3 is 0 Å². The van der Waals surface area contributed by atoms with Crippen LogP contribution in [0.2, 0.25) is 5.02 Å². The van der Waals surface area contributed by atoms with E-state index in [-0.39, 0.29) is 41.6 Å². The van der Waals surface area contributed by atoms with Gasteiger partial charge in [0.1, 0.15) is 35.5 Å². The fourth-order valence-corrected chi connectivity index (χ4v) is 9.04. The first-order valence-corrected chi connectivity index (χ1v) is 22.1. The highest BCUT2D eigenvalue weighted by Crippen LogP contribution is 2.35. The van der Waals surface area contributed by atoms with Crippen LogP contribution in [-0.4, -0.2) is 131 Å². The van der Waals surface area contributed by atoms with Crippen molar-refractivity contribution in [3.8, 4) is 11.5 Å². The normalized spacial score (nSPS) is 18.7. The zero-order chi connectivity index (χ0) is 44.7. The van der Waals surface area contributed by atoms with Gasteiger partial charge in [-0.05, 0) is 81.6 Å². The summed E-state index contributed by atoms with van der Waals surface area (Å²) in [5.41, 5.74) is 2.83. The monoisotopic (exact) mass is 895 g/mol. The molecule has 1 unspecified atom stereocenters. The number of fused-ring (bicyclic) bond motifs is 2. The fraction of sp³-hybridized carbons (Fsp3) is 0.413. The molecule has 1 aromatic heterocycles. The molecule has 0 spiro atoms. The third-order valence-electron chi connectivity index (χ3n) is 12.4. The molecule has 5 heterocycles. The van der Waals surface area contributed by atoms with Crippen molar-refractivity contribution >= 4 is 69.2 Å². The highest BCUT2D eigenvalue weighted by molar-refractivity contribution is 6.31. The zero-order valence-electron chi connectivity index (χ0n) is 35.6. The molecule has 1 atom stereocenters. The Morgan fingerprint density at radius 1 is 0.969 bits per heavy atom. The lowest BCUT2D eigenvalue weighted by Crippen LogP contribution is -2.54. The van der Waals surface area contributed by atoms with Crippen LogP contribution in [-0.2, 0) is 25.7 Å². The summed E-state index contributed by atoms with van der Waals surface area (Å²) >= 11 is 5.97. The number of ether oxygens (including phenoxy) is 2. The van der Waals surface area contributed by atoms with Gasteiger partial charge in [-0.1, -0.05) is 23.7 Å². The summed E-state index contributed by atoms with van der Waals surface area (Å²) in [5.74, 6) is -0.190. The topological polar surface area (TPSA) is 179 Å². The summed E-state index contributed by atoms with van der Waals surface area (Å²) in [6.07, 6.45) is 9.13. The molecule has 3 N–H and O–H groups in total. The molecule has 4 aromatic rings. The minimum atomic E-state index is -0.681. The van der Waals surface area contributed by atoms with Gasteiger partial charge in [0.2, 0.25) is 23.6 Å². The Hall–Kier alpha value is -6.17. The van der Waals surface area contributed by atoms with Crippen LogP contribution < -0.4 is 25.4 Å². The molecular weight excluding hydrogens is 845 g/mol. The first-order chi connectivity index (χ1) is 31.0. The van der Waals surface area contributed by atoms with Crippen LogP contribution in [0.15, 0.2) is 67.0 Å². The molecule has 0 radical (unpaired) electrons. The number of amides is 5. The van der Waals surface area contributed by atoms with Crippen molar-refractivity contribution in [2.75, 3.05) is 70.2 Å². The molecule has 8 rings (SSSR count). The smallest absolute Gasteiger partial charge is 0.255 e. The largest absolute Gasteiger partial charge is 0.494 e. The molecule has 0 bridgehead atoms. The highest BCUT2D eigenvalue weighted by atomic mass is 35.5. The van der Waals surface area contributed by atoms with Gasteiger partial charge in [0.25, 0.3) is 5.91 Å². The molecule has 336 valence electrons. The summed E-state index contributed by atoms with van der Waals surface area (Å²) in [5, 5.41) is 8.99. The summed E-state index contributed by atoms with van der Waals surface area (Å²) in [7, 11) is 1.52. The first-order valence-electron chi connectivity index (χ1n) is 21.7. The SMILES string of the molecule is COc1cc2ncnc(Nc3ccc(F)c(Cl)c3)c2cc1NC(=O)/C=C/CN1CCC(N2CCN(C(=O)CCCCOc3cccc4c3CN(C3CCC(=O)NC3=O)C4=O)CC2)CC1. The van der Waals surface area contributed by atoms with Gasteiger partial charge in [-0.2, -0.15) is 0 Å². The third-order valence-corrected chi connectivity index (χ3v) is 12.6. The molecule has 16 nitrogen and oxygen atoms in total. The van der Waals surface area contributed by atoms with Gasteiger partial charge in [0.05, 0.1) is 36.5 Å². The molecule has 4 aliphatic heterocycles. The third kappa shape index (κ3) is 10.3. The van der Waals surface area contributed by atoms with E-state index in [0.29, 0.717) is 103 Å². The van der Waals surface area contributed by atoms with Gasteiger partial charge in [-0.15, -0.1) is 0 Å². The van der Waals surface area contributed by atoms with E-state index in [9.17, 15) is 28.4 Å². The lowest BCUT2D eigenvalue weighted by atomic mass is 10.0. The molecular formula is C46H51ClFN9O7. The van der Waals surface area contributed by atoms with Crippen LogP contribution in [0, 0.1) is 5.82 Å². The van der Waals surface area contributed by atoms with E-state index in [4.69, 9.17) is 21.1 Å². The molecule has 0 aliphatic carbocycles. The van der Waals surface area contributed by atoms with Gasteiger partial charge in [-0.25, -0.2) is 14.4 Å². The van der Waals surface area contributed by atoms with Crippen LogP contribution in [0.3, 0.4) is 0 Å². The number of unbranched alkanes of at least 4 members (excludes halogenated alkanes) is 1. The van der Waals surface area contributed by atoms with Crippen molar-refractivity contribution in [1.29, 1.82) is 0 Å². The second kappa shape index (κ2) is 20.1. The van der Waals surface area contributed by atoms with Gasteiger partial charge in [0.15, 0.2) is 0 Å². The number of carbonyl (C=O) groups excluding carboxylic acids is 5. The van der Waals surface area contributed by atoms with E-state index in [1.807, 2.05) is 17.0 Å². The number of nitrogens with zero attached hydrogens (tertiary/aromatic N) is 6. The summed E-state index contributed by atoms with van der Waals surface area (Å²) in [6, 6.07) is 12.8. The van der Waals surface area contributed by atoms with Crippen molar-refractivity contribution < 1.29 is 37.8 Å². The van der Waals surface area contributed by atoms with Crippen LogP contribution >= 0.6 is 11.6 Å². The number of imide groups is 1. The molecule has 18 heteroatoms.